The third-order valence-corrected chi connectivity index (χ3v) is 2.75. The summed E-state index contributed by atoms with van der Waals surface area (Å²) in [5.74, 6) is -2.37. The van der Waals surface area contributed by atoms with Crippen molar-refractivity contribution in [3.05, 3.63) is 36.6 Å². The summed E-state index contributed by atoms with van der Waals surface area (Å²) in [6, 6.07) is 0. The van der Waals surface area contributed by atoms with E-state index in [0.717, 1.165) is 11.0 Å². The van der Waals surface area contributed by atoms with E-state index in [-0.39, 0.29) is 12.3 Å². The minimum Gasteiger partial charge on any atom is -0.508 e. The minimum absolute atomic E-state index is 0.0545. The molecule has 2 aliphatic rings. The third-order valence-electron chi connectivity index (χ3n) is 2.75. The Morgan fingerprint density at radius 1 is 1.56 bits per heavy atom. The number of amides is 2. The van der Waals surface area contributed by atoms with Gasteiger partial charge in [-0.3, -0.25) is 14.5 Å². The van der Waals surface area contributed by atoms with Crippen LogP contribution in [0.4, 0.5) is 0 Å². The highest BCUT2D eigenvalue weighted by Crippen LogP contribution is 2.36. The number of nitrogens with zero attached hydrogens (tertiary/aromatic N) is 1. The SMILES string of the molecule is C=CCN1C(=O)C2C=C(O)C=CC2(O)C1=O. The van der Waals surface area contributed by atoms with Crippen LogP contribution >= 0.6 is 0 Å². The monoisotopic (exact) mass is 221 g/mol. The van der Waals surface area contributed by atoms with Crippen LogP contribution in [0.25, 0.3) is 0 Å². The van der Waals surface area contributed by atoms with Gasteiger partial charge in [-0.25, -0.2) is 0 Å². The van der Waals surface area contributed by atoms with Crippen LogP contribution in [-0.4, -0.2) is 39.1 Å². The van der Waals surface area contributed by atoms with Gasteiger partial charge in [-0.2, -0.15) is 0 Å². The summed E-state index contributed by atoms with van der Waals surface area (Å²) >= 11 is 0. The Morgan fingerprint density at radius 3 is 2.88 bits per heavy atom. The molecule has 0 bridgehead atoms. The lowest BCUT2D eigenvalue weighted by molar-refractivity contribution is -0.142. The molecule has 1 heterocycles. The molecule has 2 N–H and O–H groups in total. The zero-order valence-electron chi connectivity index (χ0n) is 8.46. The number of allylic oxidation sites excluding steroid dienone is 1. The van der Waals surface area contributed by atoms with Crippen LogP contribution in [-0.2, 0) is 9.59 Å². The first-order valence-corrected chi connectivity index (χ1v) is 4.80. The van der Waals surface area contributed by atoms with Gasteiger partial charge >= 0.3 is 0 Å². The van der Waals surface area contributed by atoms with Crippen molar-refractivity contribution in [1.29, 1.82) is 0 Å². The van der Waals surface area contributed by atoms with Gasteiger partial charge in [-0.05, 0) is 18.2 Å². The molecule has 16 heavy (non-hydrogen) atoms. The summed E-state index contributed by atoms with van der Waals surface area (Å²) in [5.41, 5.74) is -1.85. The zero-order valence-corrected chi connectivity index (χ0v) is 8.46. The Hall–Kier alpha value is -1.88. The topological polar surface area (TPSA) is 77.8 Å². The Labute approximate surface area is 92.0 Å². The maximum Gasteiger partial charge on any atom is 0.266 e. The second kappa shape index (κ2) is 3.31. The van der Waals surface area contributed by atoms with Crippen LogP contribution in [0.2, 0.25) is 0 Å². The number of carbonyl (C=O) groups is 2. The van der Waals surface area contributed by atoms with E-state index in [1.807, 2.05) is 0 Å². The molecule has 0 saturated carbocycles. The molecule has 2 atom stereocenters. The van der Waals surface area contributed by atoms with Crippen molar-refractivity contribution >= 4 is 11.8 Å². The number of likely N-dealkylation sites (tertiary alicyclic amines) is 1. The Kier molecular flexibility index (Phi) is 2.20. The van der Waals surface area contributed by atoms with Gasteiger partial charge in [0.15, 0.2) is 5.60 Å². The smallest absolute Gasteiger partial charge is 0.266 e. The average Bonchev–Trinajstić information content (AvgIpc) is 2.43. The van der Waals surface area contributed by atoms with Crippen LogP contribution in [0.5, 0.6) is 0 Å². The fourth-order valence-electron chi connectivity index (χ4n) is 1.92. The molecule has 0 aromatic heterocycles. The largest absolute Gasteiger partial charge is 0.508 e. The molecule has 1 aliphatic heterocycles. The Morgan fingerprint density at radius 2 is 2.25 bits per heavy atom. The summed E-state index contributed by atoms with van der Waals surface area (Å²) in [7, 11) is 0. The van der Waals surface area contributed by atoms with Crippen LogP contribution in [0.1, 0.15) is 0 Å². The number of hydrogen-bond acceptors (Lipinski definition) is 4. The molecule has 1 saturated heterocycles. The van der Waals surface area contributed by atoms with E-state index in [1.165, 1.54) is 18.2 Å². The predicted molar refractivity (Wildman–Crippen MR) is 55.2 cm³/mol. The van der Waals surface area contributed by atoms with Crippen molar-refractivity contribution < 1.29 is 19.8 Å². The summed E-state index contributed by atoms with van der Waals surface area (Å²) in [4.78, 5) is 24.5. The summed E-state index contributed by atoms with van der Waals surface area (Å²) in [6.07, 6.45) is 4.95. The number of fused-ring (bicyclic) bond motifs is 1. The second-order valence-electron chi connectivity index (χ2n) is 3.77. The first-order chi connectivity index (χ1) is 7.50. The van der Waals surface area contributed by atoms with Gasteiger partial charge in [0.1, 0.15) is 11.7 Å². The van der Waals surface area contributed by atoms with Crippen LogP contribution in [0.3, 0.4) is 0 Å². The normalized spacial score (nSPS) is 32.7. The summed E-state index contributed by atoms with van der Waals surface area (Å²) in [5, 5.41) is 19.3. The first-order valence-electron chi connectivity index (χ1n) is 4.80. The molecule has 0 radical (unpaired) electrons. The second-order valence-corrected chi connectivity index (χ2v) is 3.77. The standard InChI is InChI=1S/C11H11NO4/c1-2-5-12-9(14)8-6-7(13)3-4-11(8,16)10(12)15/h2-4,6,8,13,16H,1,5H2. The molecule has 84 valence electrons. The van der Waals surface area contributed by atoms with E-state index in [1.54, 1.807) is 0 Å². The first kappa shape index (κ1) is 10.6. The lowest BCUT2D eigenvalue weighted by Gasteiger charge is -2.22. The molecule has 1 aliphatic carbocycles. The van der Waals surface area contributed by atoms with Crippen molar-refractivity contribution in [1.82, 2.24) is 4.90 Å². The van der Waals surface area contributed by atoms with Gasteiger partial charge < -0.3 is 10.2 Å². The maximum atomic E-state index is 11.8. The molecule has 0 aromatic carbocycles. The maximum absolute atomic E-state index is 11.8. The summed E-state index contributed by atoms with van der Waals surface area (Å²) < 4.78 is 0. The van der Waals surface area contributed by atoms with Gasteiger partial charge in [0.2, 0.25) is 5.91 Å². The van der Waals surface area contributed by atoms with Gasteiger partial charge in [0.25, 0.3) is 5.91 Å². The molecule has 2 unspecified atom stereocenters. The fraction of sp³-hybridized carbons (Fsp3) is 0.273. The fourth-order valence-corrected chi connectivity index (χ4v) is 1.92. The van der Waals surface area contributed by atoms with E-state index >= 15 is 0 Å². The zero-order chi connectivity index (χ0) is 11.9. The van der Waals surface area contributed by atoms with Crippen molar-refractivity contribution in [2.75, 3.05) is 6.54 Å². The number of aliphatic hydroxyl groups is 2. The molecule has 2 amide bonds. The third kappa shape index (κ3) is 1.22. The number of rotatable bonds is 2. The molecule has 1 fully saturated rings. The number of hydrogen-bond donors (Lipinski definition) is 2. The van der Waals surface area contributed by atoms with E-state index in [0.29, 0.717) is 0 Å². The van der Waals surface area contributed by atoms with Crippen molar-refractivity contribution in [2.45, 2.75) is 5.60 Å². The lowest BCUT2D eigenvalue weighted by Crippen LogP contribution is -2.42. The average molecular weight is 221 g/mol. The predicted octanol–water partition coefficient (Wildman–Crippen LogP) is -0.0998. The van der Waals surface area contributed by atoms with Crippen LogP contribution in [0.15, 0.2) is 36.6 Å². The van der Waals surface area contributed by atoms with Crippen molar-refractivity contribution in [3.63, 3.8) is 0 Å². The lowest BCUT2D eigenvalue weighted by atomic mass is 9.85. The van der Waals surface area contributed by atoms with Gasteiger partial charge in [0, 0.05) is 6.54 Å². The van der Waals surface area contributed by atoms with Crippen molar-refractivity contribution in [2.24, 2.45) is 5.92 Å². The van der Waals surface area contributed by atoms with Gasteiger partial charge in [0.05, 0.1) is 0 Å². The van der Waals surface area contributed by atoms with Crippen molar-refractivity contribution in [3.8, 4) is 0 Å². The van der Waals surface area contributed by atoms with Crippen LogP contribution in [0, 0.1) is 5.92 Å². The molecular weight excluding hydrogens is 210 g/mol. The van der Waals surface area contributed by atoms with Gasteiger partial charge in [-0.1, -0.05) is 6.08 Å². The van der Waals surface area contributed by atoms with E-state index in [4.69, 9.17) is 0 Å². The highest BCUT2D eigenvalue weighted by atomic mass is 16.3. The van der Waals surface area contributed by atoms with E-state index in [9.17, 15) is 19.8 Å². The van der Waals surface area contributed by atoms with E-state index in [2.05, 4.69) is 6.58 Å². The molecule has 2 rings (SSSR count). The molecule has 0 spiro atoms. The summed E-state index contributed by atoms with van der Waals surface area (Å²) in [6.45, 7) is 3.49. The molecule has 5 heteroatoms. The highest BCUT2D eigenvalue weighted by molar-refractivity contribution is 6.11. The molecule has 0 aromatic rings. The number of carbonyl (C=O) groups excluding carboxylic acids is 2. The number of aliphatic hydroxyl groups excluding tert-OH is 1. The van der Waals surface area contributed by atoms with Gasteiger partial charge in [-0.15, -0.1) is 6.58 Å². The molecular formula is C11H11NO4. The van der Waals surface area contributed by atoms with Crippen LogP contribution < -0.4 is 0 Å². The number of imide groups is 1. The van der Waals surface area contributed by atoms with E-state index < -0.39 is 23.3 Å². The highest BCUT2D eigenvalue weighted by Gasteiger charge is 2.57. The molecule has 5 nitrogen and oxygen atoms in total. The Balaban J connectivity index is 2.44. The minimum atomic E-state index is -1.85. The quantitative estimate of drug-likeness (QED) is 0.504. The Bertz CT molecular complexity index is 437.